The smallest absolute Gasteiger partial charge is 0.303 e. The van der Waals surface area contributed by atoms with Gasteiger partial charge in [-0.1, -0.05) is 6.08 Å². The second-order valence-electron chi connectivity index (χ2n) is 4.99. The summed E-state index contributed by atoms with van der Waals surface area (Å²) >= 11 is 0. The van der Waals surface area contributed by atoms with Crippen molar-refractivity contribution in [2.45, 2.75) is 18.9 Å². The lowest BCUT2D eigenvalue weighted by Gasteiger charge is -2.17. The number of benzene rings is 1. The molecule has 1 aromatic rings. The minimum Gasteiger partial charge on any atom is -0.481 e. The summed E-state index contributed by atoms with van der Waals surface area (Å²) in [5.74, 6) is -1.00. The van der Waals surface area contributed by atoms with E-state index in [1.165, 1.54) is 0 Å². The molecule has 1 unspecified atom stereocenters. The van der Waals surface area contributed by atoms with Gasteiger partial charge in [-0.2, -0.15) is 0 Å². The van der Waals surface area contributed by atoms with Gasteiger partial charge in [0, 0.05) is 38.3 Å². The fraction of sp³-hybridized carbons (Fsp3) is 0.375. The number of nitrogens with one attached hydrogen (secondary N) is 1. The van der Waals surface area contributed by atoms with Gasteiger partial charge in [0.1, 0.15) is 0 Å². The highest BCUT2D eigenvalue weighted by molar-refractivity contribution is 6.00. The molecule has 0 aromatic heterocycles. The molecule has 2 N–H and O–H groups in total. The molecule has 0 heterocycles. The van der Waals surface area contributed by atoms with E-state index in [2.05, 4.69) is 11.9 Å². The Morgan fingerprint density at radius 1 is 1.33 bits per heavy atom. The quantitative estimate of drug-likeness (QED) is 0.537. The molecule has 21 heavy (non-hydrogen) atoms. The first-order valence-electron chi connectivity index (χ1n) is 6.83. The Hall–Kier alpha value is -2.14. The zero-order chi connectivity index (χ0) is 15.8. The number of ketones is 1. The number of aliphatic carboxylic acids is 1. The maximum absolute atomic E-state index is 12.4. The van der Waals surface area contributed by atoms with Crippen LogP contribution in [0.3, 0.4) is 0 Å². The molecule has 5 nitrogen and oxygen atoms in total. The number of carbonyl (C=O) groups excluding carboxylic acids is 1. The largest absolute Gasteiger partial charge is 0.481 e. The van der Waals surface area contributed by atoms with Gasteiger partial charge >= 0.3 is 5.97 Å². The standard InChI is InChI=1S/C16H22N2O3/c1-4-11-17-14(9-10-15(19)20)16(21)12-5-7-13(8-6-12)18(2)3/h4-8,14,17H,1,9-11H2,2-3H3,(H,19,20). The molecule has 0 saturated heterocycles. The molecule has 0 radical (unpaired) electrons. The highest BCUT2D eigenvalue weighted by Gasteiger charge is 2.20. The summed E-state index contributed by atoms with van der Waals surface area (Å²) in [5.41, 5.74) is 1.58. The van der Waals surface area contributed by atoms with Crippen LogP contribution >= 0.6 is 0 Å². The molecular weight excluding hydrogens is 268 g/mol. The average molecular weight is 290 g/mol. The van der Waals surface area contributed by atoms with Gasteiger partial charge in [0.15, 0.2) is 5.78 Å². The van der Waals surface area contributed by atoms with Crippen molar-refractivity contribution < 1.29 is 14.7 Å². The van der Waals surface area contributed by atoms with E-state index in [-0.39, 0.29) is 18.6 Å². The van der Waals surface area contributed by atoms with E-state index in [9.17, 15) is 9.59 Å². The van der Waals surface area contributed by atoms with Crippen molar-refractivity contribution in [1.29, 1.82) is 0 Å². The summed E-state index contributed by atoms with van der Waals surface area (Å²) in [6.07, 6.45) is 1.87. The molecule has 5 heteroatoms. The fourth-order valence-corrected chi connectivity index (χ4v) is 1.94. The van der Waals surface area contributed by atoms with Crippen LogP contribution in [0, 0.1) is 0 Å². The minimum absolute atomic E-state index is 0.0453. The normalized spacial score (nSPS) is 11.7. The van der Waals surface area contributed by atoms with Crippen LogP contribution in [0.5, 0.6) is 0 Å². The van der Waals surface area contributed by atoms with Crippen molar-refractivity contribution in [3.63, 3.8) is 0 Å². The van der Waals surface area contributed by atoms with Crippen LogP contribution in [-0.4, -0.2) is 43.5 Å². The monoisotopic (exact) mass is 290 g/mol. The first kappa shape index (κ1) is 16.9. The van der Waals surface area contributed by atoms with Crippen molar-refractivity contribution in [1.82, 2.24) is 5.32 Å². The average Bonchev–Trinajstić information content (AvgIpc) is 2.46. The number of nitrogens with zero attached hydrogens (tertiary/aromatic N) is 1. The maximum Gasteiger partial charge on any atom is 0.303 e. The van der Waals surface area contributed by atoms with Gasteiger partial charge in [0.05, 0.1) is 6.04 Å². The van der Waals surface area contributed by atoms with E-state index in [1.807, 2.05) is 31.1 Å². The van der Waals surface area contributed by atoms with Crippen molar-refractivity contribution in [3.8, 4) is 0 Å². The number of hydrogen-bond acceptors (Lipinski definition) is 4. The summed E-state index contributed by atoms with van der Waals surface area (Å²) in [4.78, 5) is 25.1. The number of carboxylic acid groups (broad SMARTS) is 1. The van der Waals surface area contributed by atoms with E-state index in [4.69, 9.17) is 5.11 Å². The zero-order valence-electron chi connectivity index (χ0n) is 12.5. The highest BCUT2D eigenvalue weighted by atomic mass is 16.4. The number of carbonyl (C=O) groups is 2. The molecule has 0 spiro atoms. The third-order valence-electron chi connectivity index (χ3n) is 3.14. The number of Topliss-reactive ketones (excluding diaryl/α,β-unsaturated/α-hetero) is 1. The Bertz CT molecular complexity index is 495. The zero-order valence-corrected chi connectivity index (χ0v) is 12.5. The number of anilines is 1. The third kappa shape index (κ3) is 5.39. The summed E-state index contributed by atoms with van der Waals surface area (Å²) in [6, 6.07) is 6.76. The summed E-state index contributed by atoms with van der Waals surface area (Å²) < 4.78 is 0. The molecule has 0 fully saturated rings. The van der Waals surface area contributed by atoms with Crippen LogP contribution in [0.4, 0.5) is 5.69 Å². The van der Waals surface area contributed by atoms with Gasteiger partial charge in [0.25, 0.3) is 0 Å². The first-order chi connectivity index (χ1) is 9.95. The Balaban J connectivity index is 2.82. The van der Waals surface area contributed by atoms with Crippen LogP contribution < -0.4 is 10.2 Å². The summed E-state index contributed by atoms with van der Waals surface area (Å²) in [7, 11) is 3.86. The van der Waals surface area contributed by atoms with Gasteiger partial charge in [-0.15, -0.1) is 6.58 Å². The van der Waals surface area contributed by atoms with Crippen molar-refractivity contribution in [2.24, 2.45) is 0 Å². The van der Waals surface area contributed by atoms with Crippen molar-refractivity contribution >= 4 is 17.4 Å². The van der Waals surface area contributed by atoms with Crippen LogP contribution in [-0.2, 0) is 4.79 Å². The Morgan fingerprint density at radius 3 is 2.43 bits per heavy atom. The Kier molecular flexibility index (Phi) is 6.62. The lowest BCUT2D eigenvalue weighted by Crippen LogP contribution is -2.37. The third-order valence-corrected chi connectivity index (χ3v) is 3.14. The molecular formula is C16H22N2O3. The van der Waals surface area contributed by atoms with E-state index >= 15 is 0 Å². The predicted molar refractivity (Wildman–Crippen MR) is 84.0 cm³/mol. The van der Waals surface area contributed by atoms with Crippen molar-refractivity contribution in [2.75, 3.05) is 25.5 Å². The maximum atomic E-state index is 12.4. The lowest BCUT2D eigenvalue weighted by molar-refractivity contribution is -0.137. The fourth-order valence-electron chi connectivity index (χ4n) is 1.94. The molecule has 0 amide bonds. The van der Waals surface area contributed by atoms with E-state index in [0.29, 0.717) is 12.1 Å². The molecule has 1 aromatic carbocycles. The molecule has 1 atom stereocenters. The number of hydrogen-bond donors (Lipinski definition) is 2. The van der Waals surface area contributed by atoms with Crippen molar-refractivity contribution in [3.05, 3.63) is 42.5 Å². The van der Waals surface area contributed by atoms with Gasteiger partial charge in [0.2, 0.25) is 0 Å². The number of carboxylic acids is 1. The molecule has 0 saturated carbocycles. The van der Waals surface area contributed by atoms with E-state index in [0.717, 1.165) is 5.69 Å². The van der Waals surface area contributed by atoms with Crippen LogP contribution in [0.15, 0.2) is 36.9 Å². The molecule has 0 aliphatic carbocycles. The second-order valence-corrected chi connectivity index (χ2v) is 4.99. The Morgan fingerprint density at radius 2 is 1.95 bits per heavy atom. The summed E-state index contributed by atoms with van der Waals surface area (Å²) in [6.45, 7) is 4.06. The summed E-state index contributed by atoms with van der Waals surface area (Å²) in [5, 5.41) is 11.8. The van der Waals surface area contributed by atoms with Gasteiger partial charge < -0.3 is 15.3 Å². The van der Waals surface area contributed by atoms with Gasteiger partial charge in [-0.05, 0) is 30.7 Å². The highest BCUT2D eigenvalue weighted by Crippen LogP contribution is 2.15. The van der Waals surface area contributed by atoms with Gasteiger partial charge in [-0.25, -0.2) is 0 Å². The molecule has 1 rings (SSSR count). The Labute approximate surface area is 125 Å². The molecule has 0 aliphatic rings. The van der Waals surface area contributed by atoms with Crippen LogP contribution in [0.1, 0.15) is 23.2 Å². The topological polar surface area (TPSA) is 69.6 Å². The lowest BCUT2D eigenvalue weighted by atomic mass is 9.99. The van der Waals surface area contributed by atoms with Crippen LogP contribution in [0.25, 0.3) is 0 Å². The molecule has 0 aliphatic heterocycles. The van der Waals surface area contributed by atoms with Crippen LogP contribution in [0.2, 0.25) is 0 Å². The van der Waals surface area contributed by atoms with Gasteiger partial charge in [-0.3, -0.25) is 9.59 Å². The SMILES string of the molecule is C=CCNC(CCC(=O)O)C(=O)c1ccc(N(C)C)cc1. The minimum atomic E-state index is -0.906. The second kappa shape index (κ2) is 8.21. The predicted octanol–water partition coefficient (Wildman–Crippen LogP) is 1.94. The number of rotatable bonds is 9. The first-order valence-corrected chi connectivity index (χ1v) is 6.83. The molecule has 0 bridgehead atoms. The van der Waals surface area contributed by atoms with E-state index < -0.39 is 12.0 Å². The molecule has 114 valence electrons. The van der Waals surface area contributed by atoms with E-state index in [1.54, 1.807) is 18.2 Å².